The molecule has 2 aromatic rings. The maximum atomic E-state index is 5.91. The molecule has 2 nitrogen and oxygen atoms in total. The van der Waals surface area contributed by atoms with Crippen LogP contribution >= 0.6 is 22.9 Å². The van der Waals surface area contributed by atoms with Gasteiger partial charge in [-0.15, -0.1) is 22.9 Å². The van der Waals surface area contributed by atoms with Gasteiger partial charge in [-0.2, -0.15) is 0 Å². The molecule has 1 aliphatic heterocycles. The maximum Gasteiger partial charge on any atom is 0.115 e. The first-order chi connectivity index (χ1) is 10.2. The smallest absolute Gasteiger partial charge is 0.115 e. The molecule has 0 bridgehead atoms. The molecule has 0 aliphatic carbocycles. The summed E-state index contributed by atoms with van der Waals surface area (Å²) >= 11 is 7.65. The third-order valence-corrected chi connectivity index (χ3v) is 5.40. The Balaban J connectivity index is 1.97. The van der Waals surface area contributed by atoms with Crippen LogP contribution in [0.5, 0.6) is 0 Å². The number of anilines is 1. The maximum absolute atomic E-state index is 5.91. The monoisotopic (exact) mass is 320 g/mol. The fourth-order valence-electron chi connectivity index (χ4n) is 3.20. The van der Waals surface area contributed by atoms with Crippen LogP contribution < -0.4 is 4.90 Å². The lowest BCUT2D eigenvalue weighted by molar-refractivity contribution is 0.479. The van der Waals surface area contributed by atoms with Crippen LogP contribution in [-0.2, 0) is 12.3 Å². The zero-order valence-electron chi connectivity index (χ0n) is 12.6. The molecule has 1 aliphatic rings. The molecule has 21 heavy (non-hydrogen) atoms. The van der Waals surface area contributed by atoms with E-state index in [9.17, 15) is 0 Å². The molecule has 1 aromatic heterocycles. The largest absolute Gasteiger partial charge is 0.362 e. The van der Waals surface area contributed by atoms with Crippen molar-refractivity contribution in [3.63, 3.8) is 0 Å². The summed E-state index contributed by atoms with van der Waals surface area (Å²) in [5, 5.41) is 3.28. The number of rotatable bonds is 4. The van der Waals surface area contributed by atoms with Crippen LogP contribution in [0.2, 0.25) is 0 Å². The summed E-state index contributed by atoms with van der Waals surface area (Å²) in [6, 6.07) is 9.15. The third kappa shape index (κ3) is 2.95. The highest BCUT2D eigenvalue weighted by atomic mass is 35.5. The molecule has 2 atom stereocenters. The molecule has 2 unspecified atom stereocenters. The number of para-hydroxylation sites is 1. The lowest BCUT2D eigenvalue weighted by Gasteiger charge is -2.39. The van der Waals surface area contributed by atoms with E-state index in [0.717, 1.165) is 18.7 Å². The first-order valence-corrected chi connectivity index (χ1v) is 8.99. The zero-order valence-corrected chi connectivity index (χ0v) is 14.1. The van der Waals surface area contributed by atoms with Gasteiger partial charge in [0.2, 0.25) is 0 Å². The van der Waals surface area contributed by atoms with Crippen molar-refractivity contribution in [2.45, 2.75) is 38.6 Å². The lowest BCUT2D eigenvalue weighted by Crippen LogP contribution is -2.37. The van der Waals surface area contributed by atoms with Crippen molar-refractivity contribution >= 4 is 28.6 Å². The number of aromatic nitrogens is 1. The van der Waals surface area contributed by atoms with Gasteiger partial charge in [-0.25, -0.2) is 4.98 Å². The molecule has 4 heteroatoms. The fourth-order valence-corrected chi connectivity index (χ4v) is 4.44. The van der Waals surface area contributed by atoms with E-state index in [1.54, 1.807) is 11.3 Å². The van der Waals surface area contributed by atoms with E-state index in [1.165, 1.54) is 22.7 Å². The minimum Gasteiger partial charge on any atom is -0.362 e. The number of thiazole rings is 1. The summed E-state index contributed by atoms with van der Waals surface area (Å²) in [4.78, 5) is 7.26. The number of fused-ring (bicyclic) bond motifs is 1. The molecule has 1 aromatic carbocycles. The molecule has 0 saturated carbocycles. The molecule has 2 heterocycles. The van der Waals surface area contributed by atoms with E-state index in [0.29, 0.717) is 17.8 Å². The summed E-state index contributed by atoms with van der Waals surface area (Å²) in [5.41, 5.74) is 3.84. The number of alkyl halides is 1. The molecule has 0 fully saturated rings. The van der Waals surface area contributed by atoms with Crippen LogP contribution in [0, 0.1) is 5.92 Å². The first-order valence-electron chi connectivity index (χ1n) is 7.57. The summed E-state index contributed by atoms with van der Waals surface area (Å²) < 4.78 is 0. The van der Waals surface area contributed by atoms with Gasteiger partial charge >= 0.3 is 0 Å². The zero-order chi connectivity index (χ0) is 14.8. The second kappa shape index (κ2) is 6.37. The standard InChI is InChI=1S/C17H21ClN2S/c1-3-15(17-19-14(9-18)11-21-17)20-10-12(2)8-13-6-4-5-7-16(13)20/h4-7,11-12,15H,3,8-10H2,1-2H3. The Morgan fingerprint density at radius 2 is 2.24 bits per heavy atom. The average molecular weight is 321 g/mol. The minimum atomic E-state index is 0.357. The Labute approximate surface area is 135 Å². The molecule has 112 valence electrons. The average Bonchev–Trinajstić information content (AvgIpc) is 2.96. The van der Waals surface area contributed by atoms with Gasteiger partial charge in [-0.3, -0.25) is 0 Å². The van der Waals surface area contributed by atoms with Gasteiger partial charge in [0.05, 0.1) is 17.6 Å². The predicted molar refractivity (Wildman–Crippen MR) is 91.4 cm³/mol. The predicted octanol–water partition coefficient (Wildman–Crippen LogP) is 5.03. The number of hydrogen-bond donors (Lipinski definition) is 0. The molecule has 0 spiro atoms. The third-order valence-electron chi connectivity index (χ3n) is 4.13. The van der Waals surface area contributed by atoms with Crippen LogP contribution in [0.15, 0.2) is 29.6 Å². The van der Waals surface area contributed by atoms with E-state index in [4.69, 9.17) is 16.6 Å². The Morgan fingerprint density at radius 3 is 2.95 bits per heavy atom. The topological polar surface area (TPSA) is 16.1 Å². The van der Waals surface area contributed by atoms with Gasteiger partial charge < -0.3 is 4.90 Å². The van der Waals surface area contributed by atoms with Gasteiger partial charge in [0.15, 0.2) is 0 Å². The highest BCUT2D eigenvalue weighted by Crippen LogP contribution is 2.38. The van der Waals surface area contributed by atoms with Crippen molar-refractivity contribution in [1.29, 1.82) is 0 Å². The quantitative estimate of drug-likeness (QED) is 0.734. The second-order valence-corrected chi connectivity index (χ2v) is 6.98. The fraction of sp³-hybridized carbons (Fsp3) is 0.471. The van der Waals surface area contributed by atoms with E-state index >= 15 is 0 Å². The van der Waals surface area contributed by atoms with Crippen molar-refractivity contribution in [3.8, 4) is 0 Å². The molecular formula is C17H21ClN2S. The van der Waals surface area contributed by atoms with E-state index in [2.05, 4.69) is 48.4 Å². The van der Waals surface area contributed by atoms with Crippen molar-refractivity contribution in [1.82, 2.24) is 4.98 Å². The van der Waals surface area contributed by atoms with Crippen LogP contribution in [0.25, 0.3) is 0 Å². The van der Waals surface area contributed by atoms with Crippen LogP contribution in [0.1, 0.15) is 42.6 Å². The highest BCUT2D eigenvalue weighted by Gasteiger charge is 2.28. The Bertz CT molecular complexity index is 610. The Kier molecular flexibility index (Phi) is 4.51. The number of hydrogen-bond acceptors (Lipinski definition) is 3. The van der Waals surface area contributed by atoms with Crippen molar-refractivity contribution in [3.05, 3.63) is 45.9 Å². The van der Waals surface area contributed by atoms with Gasteiger partial charge in [0.25, 0.3) is 0 Å². The molecule has 3 rings (SSSR count). The van der Waals surface area contributed by atoms with Crippen molar-refractivity contribution < 1.29 is 0 Å². The highest BCUT2D eigenvalue weighted by molar-refractivity contribution is 7.09. The van der Waals surface area contributed by atoms with Crippen molar-refractivity contribution in [2.75, 3.05) is 11.4 Å². The number of nitrogens with zero attached hydrogens (tertiary/aromatic N) is 2. The van der Waals surface area contributed by atoms with Crippen LogP contribution in [0.3, 0.4) is 0 Å². The summed E-state index contributed by atoms with van der Waals surface area (Å²) in [6.07, 6.45) is 2.24. The van der Waals surface area contributed by atoms with Crippen molar-refractivity contribution in [2.24, 2.45) is 5.92 Å². The SMILES string of the molecule is CCC(c1nc(CCl)cs1)N1CC(C)Cc2ccccc21. The van der Waals surface area contributed by atoms with E-state index in [1.807, 2.05) is 0 Å². The van der Waals surface area contributed by atoms with E-state index in [-0.39, 0.29) is 0 Å². The Hall–Kier alpha value is -1.06. The van der Waals surface area contributed by atoms with Gasteiger partial charge in [-0.1, -0.05) is 32.0 Å². The summed E-state index contributed by atoms with van der Waals surface area (Å²) in [6.45, 7) is 5.68. The molecule has 0 radical (unpaired) electrons. The number of benzene rings is 1. The van der Waals surface area contributed by atoms with Crippen LogP contribution in [0.4, 0.5) is 5.69 Å². The van der Waals surface area contributed by atoms with E-state index < -0.39 is 0 Å². The number of halogens is 1. The summed E-state index contributed by atoms with van der Waals surface area (Å²) in [7, 11) is 0. The van der Waals surface area contributed by atoms with Gasteiger partial charge in [0.1, 0.15) is 5.01 Å². The molecule has 0 saturated heterocycles. The molecular weight excluding hydrogens is 300 g/mol. The minimum absolute atomic E-state index is 0.357. The van der Waals surface area contributed by atoms with Gasteiger partial charge in [-0.05, 0) is 30.4 Å². The molecule has 0 amide bonds. The van der Waals surface area contributed by atoms with Gasteiger partial charge in [0, 0.05) is 17.6 Å². The first kappa shape index (κ1) is 14.9. The molecule has 0 N–H and O–H groups in total. The van der Waals surface area contributed by atoms with Crippen LogP contribution in [-0.4, -0.2) is 11.5 Å². The Morgan fingerprint density at radius 1 is 1.43 bits per heavy atom. The lowest BCUT2D eigenvalue weighted by atomic mass is 9.92. The summed E-state index contributed by atoms with van der Waals surface area (Å²) in [5.74, 6) is 1.18. The normalized spacial score (nSPS) is 19.4. The second-order valence-electron chi connectivity index (χ2n) is 5.83.